The molecule has 0 N–H and O–H groups in total. The highest BCUT2D eigenvalue weighted by molar-refractivity contribution is 9.10. The molecule has 0 saturated carbocycles. The minimum absolute atomic E-state index is 0.0282. The Hall–Kier alpha value is -1.08. The van der Waals surface area contributed by atoms with Gasteiger partial charge in [0, 0.05) is 9.89 Å². The molecule has 1 aliphatic carbocycles. The van der Waals surface area contributed by atoms with Gasteiger partial charge in [0.05, 0.1) is 0 Å². The van der Waals surface area contributed by atoms with Crippen LogP contribution in [0, 0.1) is 0 Å². The van der Waals surface area contributed by atoms with Crippen LogP contribution in [0.4, 0.5) is 0 Å². The molecule has 1 aromatic carbocycles. The van der Waals surface area contributed by atoms with Crippen molar-refractivity contribution >= 4 is 21.5 Å². The lowest BCUT2D eigenvalue weighted by molar-refractivity contribution is 0.660. The molecule has 1 aliphatic rings. The molecule has 0 unspecified atom stereocenters. The van der Waals surface area contributed by atoms with Gasteiger partial charge in [-0.05, 0) is 48.3 Å². The van der Waals surface area contributed by atoms with Gasteiger partial charge in [-0.2, -0.15) is 0 Å². The van der Waals surface area contributed by atoms with Crippen molar-refractivity contribution in [3.8, 4) is 0 Å². The van der Waals surface area contributed by atoms with Crippen LogP contribution in [0.1, 0.15) is 38.8 Å². The summed E-state index contributed by atoms with van der Waals surface area (Å²) >= 11 is 3.56. The highest BCUT2D eigenvalue weighted by Crippen LogP contribution is 2.49. The second-order valence-electron chi connectivity index (χ2n) is 5.38. The number of halogens is 1. The molecule has 0 aliphatic heterocycles. The van der Waals surface area contributed by atoms with Crippen molar-refractivity contribution in [3.05, 3.63) is 63.7 Å². The number of hydrogen-bond acceptors (Lipinski definition) is 0. The molecule has 0 fully saturated rings. The normalized spacial score (nSPS) is 20.4. The Labute approximate surface area is 118 Å². The zero-order valence-corrected chi connectivity index (χ0v) is 13.1. The van der Waals surface area contributed by atoms with Crippen LogP contribution in [-0.2, 0) is 5.41 Å². The van der Waals surface area contributed by atoms with E-state index in [9.17, 15) is 0 Å². The van der Waals surface area contributed by atoms with Gasteiger partial charge in [0.15, 0.2) is 0 Å². The number of allylic oxidation sites excluding steroid dienone is 5. The minimum atomic E-state index is 0.0282. The fourth-order valence-electron chi connectivity index (χ4n) is 2.54. The van der Waals surface area contributed by atoms with Gasteiger partial charge in [-0.1, -0.05) is 60.1 Å². The van der Waals surface area contributed by atoms with Gasteiger partial charge >= 0.3 is 0 Å². The van der Waals surface area contributed by atoms with E-state index in [0.29, 0.717) is 0 Å². The van der Waals surface area contributed by atoms with Crippen LogP contribution in [0.15, 0.2) is 52.5 Å². The zero-order chi connectivity index (χ0) is 13.5. The summed E-state index contributed by atoms with van der Waals surface area (Å²) in [6.45, 7) is 13.0. The van der Waals surface area contributed by atoms with Gasteiger partial charge < -0.3 is 0 Å². The molecule has 0 spiro atoms. The number of hydrogen-bond donors (Lipinski definition) is 0. The predicted octanol–water partition coefficient (Wildman–Crippen LogP) is 5.65. The van der Waals surface area contributed by atoms with E-state index >= 15 is 0 Å². The second kappa shape index (κ2) is 4.55. The van der Waals surface area contributed by atoms with E-state index in [1.54, 1.807) is 0 Å². The molecular formula is C17H19Br. The summed E-state index contributed by atoms with van der Waals surface area (Å²) < 4.78 is 1.13. The molecule has 1 heteroatoms. The molecule has 1 aromatic rings. The quantitative estimate of drug-likeness (QED) is 0.629. The topological polar surface area (TPSA) is 0 Å². The molecule has 0 heterocycles. The largest absolute Gasteiger partial charge is 0.0908 e. The Morgan fingerprint density at radius 1 is 1.33 bits per heavy atom. The molecule has 0 amide bonds. The molecule has 0 nitrogen and oxygen atoms in total. The summed E-state index contributed by atoms with van der Waals surface area (Å²) in [6, 6.07) is 6.47. The average Bonchev–Trinajstić information content (AvgIpc) is 2.50. The standard InChI is InChI=1S/C17H19Br/c1-6-11(2)9-15-12(3)14-8-7-13(18)10-16(14)17(15,4)5/h6-10H,3H2,1-2,4-5H3/b11-6-,15-9+. The van der Waals surface area contributed by atoms with E-state index < -0.39 is 0 Å². The third-order valence-corrected chi connectivity index (χ3v) is 4.30. The van der Waals surface area contributed by atoms with Crippen molar-refractivity contribution < 1.29 is 0 Å². The summed E-state index contributed by atoms with van der Waals surface area (Å²) in [6.07, 6.45) is 4.39. The summed E-state index contributed by atoms with van der Waals surface area (Å²) in [5.41, 5.74) is 6.43. The van der Waals surface area contributed by atoms with Crippen molar-refractivity contribution in [1.82, 2.24) is 0 Å². The van der Waals surface area contributed by atoms with Crippen molar-refractivity contribution in [3.63, 3.8) is 0 Å². The number of rotatable bonds is 1. The molecule has 18 heavy (non-hydrogen) atoms. The second-order valence-corrected chi connectivity index (χ2v) is 6.30. The maximum atomic E-state index is 4.28. The summed E-state index contributed by atoms with van der Waals surface area (Å²) in [7, 11) is 0. The lowest BCUT2D eigenvalue weighted by Gasteiger charge is -2.22. The fourth-order valence-corrected chi connectivity index (χ4v) is 2.90. The van der Waals surface area contributed by atoms with Crippen LogP contribution < -0.4 is 0 Å². The summed E-state index contributed by atoms with van der Waals surface area (Å²) in [5, 5.41) is 0. The molecule has 0 bridgehead atoms. The maximum absolute atomic E-state index is 4.28. The van der Waals surface area contributed by atoms with E-state index in [0.717, 1.165) is 10.0 Å². The Balaban J connectivity index is 2.65. The molecular weight excluding hydrogens is 284 g/mol. The molecule has 0 radical (unpaired) electrons. The molecule has 0 atom stereocenters. The first kappa shape index (κ1) is 13.4. The smallest absolute Gasteiger partial charge is 0.0178 e. The van der Waals surface area contributed by atoms with E-state index in [2.05, 4.69) is 80.6 Å². The average molecular weight is 303 g/mol. The van der Waals surface area contributed by atoms with E-state index in [1.165, 1.54) is 22.3 Å². The number of benzene rings is 1. The summed E-state index contributed by atoms with van der Waals surface area (Å²) in [4.78, 5) is 0. The lowest BCUT2D eigenvalue weighted by Crippen LogP contribution is -2.15. The van der Waals surface area contributed by atoms with Gasteiger partial charge in [0.2, 0.25) is 0 Å². The van der Waals surface area contributed by atoms with Crippen LogP contribution in [0.25, 0.3) is 5.57 Å². The van der Waals surface area contributed by atoms with E-state index in [1.807, 2.05) is 0 Å². The van der Waals surface area contributed by atoms with Gasteiger partial charge in [-0.3, -0.25) is 0 Å². The molecule has 0 saturated heterocycles. The van der Waals surface area contributed by atoms with Crippen molar-refractivity contribution in [2.24, 2.45) is 0 Å². The third-order valence-electron chi connectivity index (χ3n) is 3.81. The van der Waals surface area contributed by atoms with E-state index in [-0.39, 0.29) is 5.41 Å². The van der Waals surface area contributed by atoms with Crippen molar-refractivity contribution in [1.29, 1.82) is 0 Å². The van der Waals surface area contributed by atoms with Crippen LogP contribution in [0.5, 0.6) is 0 Å². The Morgan fingerprint density at radius 2 is 2.00 bits per heavy atom. The fraction of sp³-hybridized carbons (Fsp3) is 0.294. The Morgan fingerprint density at radius 3 is 2.61 bits per heavy atom. The summed E-state index contributed by atoms with van der Waals surface area (Å²) in [5.74, 6) is 0. The van der Waals surface area contributed by atoms with Gasteiger partial charge in [-0.25, -0.2) is 0 Å². The molecule has 0 aromatic heterocycles. The van der Waals surface area contributed by atoms with Gasteiger partial charge in [0.1, 0.15) is 0 Å². The van der Waals surface area contributed by atoms with E-state index in [4.69, 9.17) is 0 Å². The molecule has 2 rings (SSSR count). The molecule has 94 valence electrons. The van der Waals surface area contributed by atoms with Crippen molar-refractivity contribution in [2.75, 3.05) is 0 Å². The van der Waals surface area contributed by atoms with Crippen LogP contribution >= 0.6 is 15.9 Å². The highest BCUT2D eigenvalue weighted by atomic mass is 79.9. The van der Waals surface area contributed by atoms with Crippen molar-refractivity contribution in [2.45, 2.75) is 33.1 Å². The zero-order valence-electron chi connectivity index (χ0n) is 11.5. The van der Waals surface area contributed by atoms with Crippen LogP contribution in [0.2, 0.25) is 0 Å². The lowest BCUT2D eigenvalue weighted by atomic mass is 9.81. The third kappa shape index (κ3) is 2.01. The predicted molar refractivity (Wildman–Crippen MR) is 83.7 cm³/mol. The van der Waals surface area contributed by atoms with Crippen LogP contribution in [0.3, 0.4) is 0 Å². The minimum Gasteiger partial charge on any atom is -0.0908 e. The maximum Gasteiger partial charge on any atom is 0.0178 e. The van der Waals surface area contributed by atoms with Crippen LogP contribution in [-0.4, -0.2) is 0 Å². The van der Waals surface area contributed by atoms with Gasteiger partial charge in [-0.15, -0.1) is 0 Å². The van der Waals surface area contributed by atoms with Gasteiger partial charge in [0.25, 0.3) is 0 Å². The SMILES string of the molecule is C=C1/C(=C\C(C)=C/C)C(C)(C)c2cc(Br)ccc21. The Kier molecular flexibility index (Phi) is 3.37. The number of fused-ring (bicyclic) bond motifs is 1. The highest BCUT2D eigenvalue weighted by Gasteiger charge is 2.37. The monoisotopic (exact) mass is 302 g/mol. The Bertz CT molecular complexity index is 571. The first-order valence-electron chi connectivity index (χ1n) is 6.22. The first-order valence-corrected chi connectivity index (χ1v) is 7.02. The first-order chi connectivity index (χ1) is 8.37.